The van der Waals surface area contributed by atoms with Gasteiger partial charge in [-0.3, -0.25) is 9.59 Å². The molecule has 10 heteroatoms. The van der Waals surface area contributed by atoms with Crippen LogP contribution in [0.4, 0.5) is 5.69 Å². The Bertz CT molecular complexity index is 1450. The van der Waals surface area contributed by atoms with Gasteiger partial charge in [0.2, 0.25) is 0 Å². The minimum Gasteiger partial charge on any atom is -0.475 e. The Morgan fingerprint density at radius 2 is 1.74 bits per heavy atom. The molecule has 0 fully saturated rings. The number of carbonyl (C=O) groups excluding carboxylic acids is 1. The maximum Gasteiger partial charge on any atom is 0.305 e. The Hall–Kier alpha value is -3.11. The maximum absolute atomic E-state index is 13.0. The third kappa shape index (κ3) is 2.89. The second kappa shape index (κ2) is 6.44. The molecule has 1 aliphatic rings. The molecule has 1 aliphatic heterocycles. The first-order chi connectivity index (χ1) is 14.3. The molecular formula is C21H24N4O5S. The highest BCUT2D eigenvalue weighted by atomic mass is 32.2. The van der Waals surface area contributed by atoms with E-state index in [-0.39, 0.29) is 17.0 Å². The number of rotatable bonds is 2. The van der Waals surface area contributed by atoms with Crippen molar-refractivity contribution in [3.05, 3.63) is 45.5 Å². The molecule has 1 amide bonds. The predicted molar refractivity (Wildman–Crippen MR) is 118 cm³/mol. The van der Waals surface area contributed by atoms with Crippen molar-refractivity contribution in [2.24, 2.45) is 12.2 Å². The van der Waals surface area contributed by atoms with E-state index in [4.69, 9.17) is 9.88 Å². The summed E-state index contributed by atoms with van der Waals surface area (Å²) in [6.45, 7) is 8.46. The fourth-order valence-electron chi connectivity index (χ4n) is 4.13. The number of anilines is 1. The molecule has 3 N–H and O–H groups in total. The van der Waals surface area contributed by atoms with Gasteiger partial charge in [-0.1, -0.05) is 0 Å². The first-order valence-electron chi connectivity index (χ1n) is 9.64. The van der Waals surface area contributed by atoms with E-state index in [0.29, 0.717) is 31.9 Å². The van der Waals surface area contributed by atoms with Crippen molar-refractivity contribution in [1.82, 2.24) is 9.55 Å². The van der Waals surface area contributed by atoms with Crippen molar-refractivity contribution in [3.63, 3.8) is 0 Å². The summed E-state index contributed by atoms with van der Waals surface area (Å²) < 4.78 is 33.2. The molecule has 164 valence electrons. The van der Waals surface area contributed by atoms with Crippen LogP contribution < -0.4 is 19.7 Å². The van der Waals surface area contributed by atoms with Gasteiger partial charge in [0.15, 0.2) is 11.4 Å². The SMILES string of the molecule is Cc1c(C)c(-c2cn(C)c(=O)c3[nH]ccc23)c2c(c1C)N(S(N)(=O)=O)C(=O)C(C)(C)O2. The molecule has 0 radical (unpaired) electrons. The van der Waals surface area contributed by atoms with Crippen LogP contribution in [0.1, 0.15) is 30.5 Å². The van der Waals surface area contributed by atoms with E-state index in [9.17, 15) is 18.0 Å². The van der Waals surface area contributed by atoms with Crippen LogP contribution in [0.5, 0.6) is 5.75 Å². The Labute approximate surface area is 179 Å². The second-order valence-corrected chi connectivity index (χ2v) is 9.77. The number of aromatic amines is 1. The van der Waals surface area contributed by atoms with E-state index in [1.54, 1.807) is 32.4 Å². The highest BCUT2D eigenvalue weighted by molar-refractivity contribution is 7.91. The number of amides is 1. The second-order valence-electron chi connectivity index (χ2n) is 8.38. The van der Waals surface area contributed by atoms with Gasteiger partial charge in [0, 0.05) is 36.0 Å². The quantitative estimate of drug-likeness (QED) is 0.626. The number of nitrogens with zero attached hydrogens (tertiary/aromatic N) is 2. The summed E-state index contributed by atoms with van der Waals surface area (Å²) in [5.41, 5.74) is 2.34. The number of nitrogens with one attached hydrogen (secondary N) is 1. The molecule has 0 atom stereocenters. The fourth-order valence-corrected chi connectivity index (χ4v) is 5.05. The van der Waals surface area contributed by atoms with E-state index in [1.807, 2.05) is 13.8 Å². The van der Waals surface area contributed by atoms with Gasteiger partial charge in [0.05, 0.1) is 0 Å². The lowest BCUT2D eigenvalue weighted by Gasteiger charge is -2.40. The van der Waals surface area contributed by atoms with E-state index >= 15 is 0 Å². The molecule has 0 saturated carbocycles. The predicted octanol–water partition coefficient (Wildman–Crippen LogP) is 2.17. The molecule has 2 aromatic heterocycles. The number of fused-ring (bicyclic) bond motifs is 2. The number of carbonyl (C=O) groups is 1. The van der Waals surface area contributed by atoms with Gasteiger partial charge in [0.1, 0.15) is 11.2 Å². The van der Waals surface area contributed by atoms with Crippen molar-refractivity contribution < 1.29 is 17.9 Å². The molecule has 31 heavy (non-hydrogen) atoms. The summed E-state index contributed by atoms with van der Waals surface area (Å²) >= 11 is 0. The fraction of sp³-hybridized carbons (Fsp3) is 0.333. The van der Waals surface area contributed by atoms with Crippen LogP contribution in [0.15, 0.2) is 23.3 Å². The molecular weight excluding hydrogens is 420 g/mol. The van der Waals surface area contributed by atoms with Crippen molar-refractivity contribution >= 4 is 32.7 Å². The van der Waals surface area contributed by atoms with Gasteiger partial charge in [0.25, 0.3) is 11.5 Å². The monoisotopic (exact) mass is 444 g/mol. The molecule has 0 unspecified atom stereocenters. The standard InChI is InChI=1S/C21H24N4O5S/c1-10-11(2)15(14-9-24(6)19(26)16-13(14)7-8-23-16)18-17(12(10)3)25(31(22,28)29)20(27)21(4,5)30-18/h7-9,23H,1-6H3,(H2,22,28,29). The van der Waals surface area contributed by atoms with Crippen LogP contribution >= 0.6 is 0 Å². The zero-order chi connectivity index (χ0) is 23.0. The number of ether oxygens (including phenoxy) is 1. The number of hydrogen-bond acceptors (Lipinski definition) is 5. The molecule has 0 bridgehead atoms. The zero-order valence-corrected chi connectivity index (χ0v) is 19.0. The Balaban J connectivity index is 2.23. The molecule has 4 rings (SSSR count). The number of aryl methyl sites for hydroxylation is 1. The Kier molecular flexibility index (Phi) is 4.39. The van der Waals surface area contributed by atoms with Crippen molar-refractivity contribution in [2.75, 3.05) is 4.31 Å². The Morgan fingerprint density at radius 3 is 2.35 bits per heavy atom. The summed E-state index contributed by atoms with van der Waals surface area (Å²) in [5.74, 6) is -0.535. The molecule has 0 saturated heterocycles. The van der Waals surface area contributed by atoms with Gasteiger partial charge in [-0.25, -0.2) is 5.14 Å². The molecule has 3 heterocycles. The highest BCUT2D eigenvalue weighted by Gasteiger charge is 2.47. The third-order valence-electron chi connectivity index (χ3n) is 5.98. The summed E-state index contributed by atoms with van der Waals surface area (Å²) in [6.07, 6.45) is 3.35. The number of hydrogen-bond donors (Lipinski definition) is 2. The molecule has 1 aromatic carbocycles. The molecule has 0 spiro atoms. The minimum atomic E-state index is -4.41. The largest absolute Gasteiger partial charge is 0.475 e. The van der Waals surface area contributed by atoms with E-state index in [0.717, 1.165) is 11.1 Å². The number of H-pyrrole nitrogens is 1. The minimum absolute atomic E-state index is 0.0995. The van der Waals surface area contributed by atoms with E-state index in [2.05, 4.69) is 4.98 Å². The average Bonchev–Trinajstić information content (AvgIpc) is 3.14. The van der Waals surface area contributed by atoms with Crippen LogP contribution in [-0.4, -0.2) is 29.5 Å². The zero-order valence-electron chi connectivity index (χ0n) is 18.2. The van der Waals surface area contributed by atoms with Crippen LogP contribution in [-0.2, 0) is 22.1 Å². The first kappa shape index (κ1) is 21.1. The number of pyridine rings is 1. The smallest absolute Gasteiger partial charge is 0.305 e. The summed E-state index contributed by atoms with van der Waals surface area (Å²) in [5, 5.41) is 6.14. The normalized spacial score (nSPS) is 15.8. The van der Waals surface area contributed by atoms with Crippen molar-refractivity contribution in [1.29, 1.82) is 0 Å². The summed E-state index contributed by atoms with van der Waals surface area (Å²) in [6, 6.07) is 1.78. The van der Waals surface area contributed by atoms with Crippen molar-refractivity contribution in [2.45, 2.75) is 40.2 Å². The van der Waals surface area contributed by atoms with E-state index in [1.165, 1.54) is 18.4 Å². The summed E-state index contributed by atoms with van der Waals surface area (Å²) in [7, 11) is -2.78. The molecule has 9 nitrogen and oxygen atoms in total. The molecule has 0 aliphatic carbocycles. The third-order valence-corrected chi connectivity index (χ3v) is 6.83. The maximum atomic E-state index is 13.0. The lowest BCUT2D eigenvalue weighted by Crippen LogP contribution is -2.56. The number of nitrogens with two attached hydrogens (primary N) is 1. The molecule has 3 aromatic rings. The van der Waals surface area contributed by atoms with Gasteiger partial charge in [-0.05, 0) is 57.4 Å². The van der Waals surface area contributed by atoms with Gasteiger partial charge in [-0.2, -0.15) is 12.7 Å². The van der Waals surface area contributed by atoms with Crippen LogP contribution in [0, 0.1) is 20.8 Å². The Morgan fingerprint density at radius 1 is 1.10 bits per heavy atom. The topological polar surface area (TPSA) is 127 Å². The van der Waals surface area contributed by atoms with Gasteiger partial charge in [-0.15, -0.1) is 0 Å². The number of benzene rings is 1. The first-order valence-corrected chi connectivity index (χ1v) is 11.1. The highest BCUT2D eigenvalue weighted by Crippen LogP contribution is 2.51. The number of aromatic nitrogens is 2. The van der Waals surface area contributed by atoms with Crippen LogP contribution in [0.3, 0.4) is 0 Å². The van der Waals surface area contributed by atoms with Crippen molar-refractivity contribution in [3.8, 4) is 16.9 Å². The lowest BCUT2D eigenvalue weighted by molar-refractivity contribution is -0.131. The lowest BCUT2D eigenvalue weighted by atomic mass is 9.89. The van der Waals surface area contributed by atoms with E-state index < -0.39 is 21.7 Å². The summed E-state index contributed by atoms with van der Waals surface area (Å²) in [4.78, 5) is 28.5. The van der Waals surface area contributed by atoms with Gasteiger partial charge < -0.3 is 14.3 Å². The van der Waals surface area contributed by atoms with Crippen LogP contribution in [0.2, 0.25) is 0 Å². The average molecular weight is 445 g/mol. The van der Waals surface area contributed by atoms with Crippen LogP contribution in [0.25, 0.3) is 22.0 Å². The van der Waals surface area contributed by atoms with Gasteiger partial charge >= 0.3 is 10.2 Å².